The number of nitrogens with zero attached hydrogens (tertiary/aromatic N) is 2. The zero-order chi connectivity index (χ0) is 12.0. The highest BCUT2D eigenvalue weighted by Gasteiger charge is 2.27. The summed E-state index contributed by atoms with van der Waals surface area (Å²) in [5, 5.41) is 0. The third-order valence-corrected chi connectivity index (χ3v) is 4.24. The molecule has 3 rings (SSSR count). The molecule has 2 aliphatic carbocycles. The number of hydrogen-bond acceptors (Lipinski definition) is 2. The van der Waals surface area contributed by atoms with Gasteiger partial charge in [0.15, 0.2) is 0 Å². The van der Waals surface area contributed by atoms with Gasteiger partial charge >= 0.3 is 5.69 Å². The zero-order valence-corrected chi connectivity index (χ0v) is 10.2. The highest BCUT2D eigenvalue weighted by molar-refractivity contribution is 5.04. The molecule has 17 heavy (non-hydrogen) atoms. The quantitative estimate of drug-likeness (QED) is 0.782. The first-order chi connectivity index (χ1) is 8.18. The molecule has 1 aromatic rings. The van der Waals surface area contributed by atoms with E-state index in [2.05, 4.69) is 0 Å². The van der Waals surface area contributed by atoms with E-state index in [0.717, 1.165) is 37.8 Å². The fourth-order valence-electron chi connectivity index (χ4n) is 2.75. The summed E-state index contributed by atoms with van der Waals surface area (Å²) >= 11 is 0. The largest absolute Gasteiger partial charge is 0.331 e. The Bertz CT molecular complexity index is 548. The maximum Gasteiger partial charge on any atom is 0.331 e. The highest BCUT2D eigenvalue weighted by Crippen LogP contribution is 2.32. The second-order valence-corrected chi connectivity index (χ2v) is 5.32. The Balaban J connectivity index is 2.14. The van der Waals surface area contributed by atoms with Crippen LogP contribution in [0, 0.1) is 6.92 Å². The fourth-order valence-corrected chi connectivity index (χ4v) is 2.75. The van der Waals surface area contributed by atoms with Crippen molar-refractivity contribution >= 4 is 0 Å². The predicted molar refractivity (Wildman–Crippen MR) is 65.5 cm³/mol. The van der Waals surface area contributed by atoms with Crippen molar-refractivity contribution < 1.29 is 0 Å². The van der Waals surface area contributed by atoms with Gasteiger partial charge in [-0.3, -0.25) is 13.9 Å². The summed E-state index contributed by atoms with van der Waals surface area (Å²) in [7, 11) is 0. The Labute approximate surface area is 99.9 Å². The smallest absolute Gasteiger partial charge is 0.295 e. The van der Waals surface area contributed by atoms with E-state index < -0.39 is 0 Å². The molecule has 0 spiro atoms. The van der Waals surface area contributed by atoms with Crippen LogP contribution in [0.1, 0.15) is 56.3 Å². The lowest BCUT2D eigenvalue weighted by atomic mass is 9.91. The molecule has 4 nitrogen and oxygen atoms in total. The van der Waals surface area contributed by atoms with Crippen LogP contribution in [-0.4, -0.2) is 9.13 Å². The van der Waals surface area contributed by atoms with Crippen LogP contribution in [0.3, 0.4) is 0 Å². The van der Waals surface area contributed by atoms with Gasteiger partial charge in [0, 0.05) is 23.8 Å². The molecule has 0 bridgehead atoms. The second kappa shape index (κ2) is 3.86. The molecule has 0 saturated heterocycles. The van der Waals surface area contributed by atoms with Crippen molar-refractivity contribution in [1.82, 2.24) is 9.13 Å². The molecule has 0 N–H and O–H groups in total. The van der Waals surface area contributed by atoms with Gasteiger partial charge in [0.1, 0.15) is 0 Å². The van der Waals surface area contributed by atoms with Gasteiger partial charge in [0.25, 0.3) is 5.56 Å². The number of hydrogen-bond donors (Lipinski definition) is 0. The van der Waals surface area contributed by atoms with E-state index in [9.17, 15) is 9.59 Å². The van der Waals surface area contributed by atoms with E-state index >= 15 is 0 Å². The molecule has 1 heterocycles. The van der Waals surface area contributed by atoms with Crippen molar-refractivity contribution in [2.75, 3.05) is 0 Å². The van der Waals surface area contributed by atoms with Gasteiger partial charge in [-0.2, -0.15) is 0 Å². The summed E-state index contributed by atoms with van der Waals surface area (Å²) < 4.78 is 3.32. The van der Waals surface area contributed by atoms with Gasteiger partial charge < -0.3 is 0 Å². The van der Waals surface area contributed by atoms with Crippen LogP contribution in [0.4, 0.5) is 0 Å². The van der Waals surface area contributed by atoms with Crippen LogP contribution in [-0.2, 0) is 0 Å². The minimum Gasteiger partial charge on any atom is -0.295 e. The standard InChI is InChI=1S/C13H18N2O2/c1-9-8-12(16)15(11-6-3-7-11)13(17)14(9)10-4-2-5-10/h8,10-11H,2-7H2,1H3. The maximum absolute atomic E-state index is 12.4. The minimum absolute atomic E-state index is 0.0793. The molecule has 4 heteroatoms. The van der Waals surface area contributed by atoms with E-state index in [4.69, 9.17) is 0 Å². The van der Waals surface area contributed by atoms with Crippen molar-refractivity contribution in [3.63, 3.8) is 0 Å². The summed E-state index contributed by atoms with van der Waals surface area (Å²) in [5.41, 5.74) is 0.623. The third-order valence-electron chi connectivity index (χ3n) is 4.24. The monoisotopic (exact) mass is 234 g/mol. The molecule has 2 saturated carbocycles. The molecule has 0 aliphatic heterocycles. The highest BCUT2D eigenvalue weighted by atomic mass is 16.2. The molecular weight excluding hydrogens is 216 g/mol. The first kappa shape index (κ1) is 10.8. The van der Waals surface area contributed by atoms with Crippen molar-refractivity contribution in [2.24, 2.45) is 0 Å². The van der Waals surface area contributed by atoms with E-state index in [0.29, 0.717) is 6.04 Å². The van der Waals surface area contributed by atoms with Crippen molar-refractivity contribution in [1.29, 1.82) is 0 Å². The van der Waals surface area contributed by atoms with Gasteiger partial charge in [-0.05, 0) is 45.4 Å². The van der Waals surface area contributed by atoms with Crippen LogP contribution < -0.4 is 11.2 Å². The van der Waals surface area contributed by atoms with E-state index in [1.165, 1.54) is 11.0 Å². The van der Waals surface area contributed by atoms with Gasteiger partial charge in [0.2, 0.25) is 0 Å². The Kier molecular flexibility index (Phi) is 2.45. The number of rotatable bonds is 2. The summed E-state index contributed by atoms with van der Waals surface area (Å²) in [4.78, 5) is 24.3. The Morgan fingerprint density at radius 1 is 1.00 bits per heavy atom. The topological polar surface area (TPSA) is 44.0 Å². The summed E-state index contributed by atoms with van der Waals surface area (Å²) in [6.07, 6.45) is 6.42. The maximum atomic E-state index is 12.4. The van der Waals surface area contributed by atoms with Crippen LogP contribution in [0.2, 0.25) is 0 Å². The lowest BCUT2D eigenvalue weighted by Crippen LogP contribution is -2.46. The Morgan fingerprint density at radius 3 is 2.00 bits per heavy atom. The number of aromatic nitrogens is 2. The van der Waals surface area contributed by atoms with Crippen LogP contribution >= 0.6 is 0 Å². The third kappa shape index (κ3) is 1.58. The molecule has 1 aromatic heterocycles. The van der Waals surface area contributed by atoms with Crippen molar-refractivity contribution in [3.05, 3.63) is 32.6 Å². The van der Waals surface area contributed by atoms with Crippen molar-refractivity contribution in [2.45, 2.75) is 57.5 Å². The summed E-state index contributed by atoms with van der Waals surface area (Å²) in [6, 6.07) is 2.11. The van der Waals surface area contributed by atoms with E-state index in [1.54, 1.807) is 6.07 Å². The normalized spacial score (nSPS) is 21.0. The predicted octanol–water partition coefficient (Wildman–Crippen LogP) is 1.77. The fraction of sp³-hybridized carbons (Fsp3) is 0.692. The van der Waals surface area contributed by atoms with E-state index in [1.807, 2.05) is 11.5 Å². The average molecular weight is 234 g/mol. The average Bonchev–Trinajstić information content (AvgIpc) is 2.12. The van der Waals surface area contributed by atoms with Crippen molar-refractivity contribution in [3.8, 4) is 0 Å². The zero-order valence-electron chi connectivity index (χ0n) is 10.2. The number of aryl methyl sites for hydroxylation is 1. The summed E-state index contributed by atoms with van der Waals surface area (Å²) in [6.45, 7) is 1.87. The molecule has 0 radical (unpaired) electrons. The molecule has 92 valence electrons. The Morgan fingerprint density at radius 2 is 1.53 bits per heavy atom. The molecule has 2 aliphatic rings. The van der Waals surface area contributed by atoms with Gasteiger partial charge in [-0.25, -0.2) is 4.79 Å². The molecule has 0 amide bonds. The molecule has 2 fully saturated rings. The van der Waals surface area contributed by atoms with Gasteiger partial charge in [0.05, 0.1) is 0 Å². The van der Waals surface area contributed by atoms with Crippen LogP contribution in [0.15, 0.2) is 15.7 Å². The first-order valence-corrected chi connectivity index (χ1v) is 6.53. The first-order valence-electron chi connectivity index (χ1n) is 6.53. The molecule has 0 aromatic carbocycles. The van der Waals surface area contributed by atoms with Crippen LogP contribution in [0.5, 0.6) is 0 Å². The van der Waals surface area contributed by atoms with Gasteiger partial charge in [-0.15, -0.1) is 0 Å². The summed E-state index contributed by atoms with van der Waals surface area (Å²) in [5.74, 6) is 0. The second-order valence-electron chi connectivity index (χ2n) is 5.32. The molecule has 0 atom stereocenters. The SMILES string of the molecule is Cc1cc(=O)n(C2CCC2)c(=O)n1C1CCC1. The minimum atomic E-state index is -0.118. The molecular formula is C13H18N2O2. The van der Waals surface area contributed by atoms with Crippen LogP contribution in [0.25, 0.3) is 0 Å². The van der Waals surface area contributed by atoms with Gasteiger partial charge in [-0.1, -0.05) is 0 Å². The lowest BCUT2D eigenvalue weighted by Gasteiger charge is -2.32. The van der Waals surface area contributed by atoms with E-state index in [-0.39, 0.29) is 17.3 Å². The Hall–Kier alpha value is -1.32. The molecule has 0 unspecified atom stereocenters. The lowest BCUT2D eigenvalue weighted by molar-refractivity contribution is 0.256.